The van der Waals surface area contributed by atoms with E-state index in [1.807, 2.05) is 0 Å². The molecule has 2 heteroatoms. The summed E-state index contributed by atoms with van der Waals surface area (Å²) in [5, 5.41) is 3.49. The van der Waals surface area contributed by atoms with Gasteiger partial charge in [-0.05, 0) is 45.7 Å². The third-order valence-corrected chi connectivity index (χ3v) is 4.24. The van der Waals surface area contributed by atoms with Gasteiger partial charge in [-0.2, -0.15) is 0 Å². The first-order chi connectivity index (χ1) is 7.31. The average Bonchev–Trinajstić information content (AvgIpc) is 3.10. The van der Waals surface area contributed by atoms with Crippen molar-refractivity contribution < 1.29 is 0 Å². The van der Waals surface area contributed by atoms with E-state index in [-0.39, 0.29) is 0 Å². The molecule has 15 heavy (non-hydrogen) atoms. The Balaban J connectivity index is 1.75. The van der Waals surface area contributed by atoms with E-state index in [9.17, 15) is 0 Å². The lowest BCUT2D eigenvalue weighted by atomic mass is 9.94. The highest BCUT2D eigenvalue weighted by atomic mass is 15.2. The van der Waals surface area contributed by atoms with Crippen molar-refractivity contribution in [2.75, 3.05) is 20.6 Å². The molecule has 2 saturated carbocycles. The highest BCUT2D eigenvalue weighted by Gasteiger charge is 2.31. The quantitative estimate of drug-likeness (QED) is 0.749. The van der Waals surface area contributed by atoms with E-state index in [2.05, 4.69) is 24.3 Å². The van der Waals surface area contributed by atoms with Crippen molar-refractivity contribution in [3.8, 4) is 0 Å². The third-order valence-electron chi connectivity index (χ3n) is 4.24. The Morgan fingerprint density at radius 1 is 1.13 bits per heavy atom. The fourth-order valence-electron chi connectivity index (χ4n) is 2.96. The summed E-state index contributed by atoms with van der Waals surface area (Å²) in [4.78, 5) is 2.61. The summed E-state index contributed by atoms with van der Waals surface area (Å²) in [5.41, 5.74) is 0. The zero-order chi connectivity index (χ0) is 10.7. The predicted octanol–water partition coefficient (Wildman–Crippen LogP) is 2.25. The Morgan fingerprint density at radius 3 is 2.33 bits per heavy atom. The van der Waals surface area contributed by atoms with Gasteiger partial charge >= 0.3 is 0 Å². The lowest BCUT2D eigenvalue weighted by Crippen LogP contribution is -2.44. The van der Waals surface area contributed by atoms with Gasteiger partial charge in [-0.1, -0.05) is 19.3 Å². The van der Waals surface area contributed by atoms with Gasteiger partial charge in [0.05, 0.1) is 0 Å². The number of hydrogen-bond donors (Lipinski definition) is 1. The molecule has 0 saturated heterocycles. The minimum atomic E-state index is 0.747. The Kier molecular flexibility index (Phi) is 4.04. The molecule has 1 unspecified atom stereocenters. The van der Waals surface area contributed by atoms with Gasteiger partial charge in [0.15, 0.2) is 0 Å². The second-order valence-electron chi connectivity index (χ2n) is 5.46. The molecular formula is C13H26N2. The molecule has 0 heterocycles. The molecule has 0 spiro atoms. The Hall–Kier alpha value is -0.0800. The lowest BCUT2D eigenvalue weighted by Gasteiger charge is -2.33. The van der Waals surface area contributed by atoms with Crippen LogP contribution >= 0.6 is 0 Å². The molecule has 2 nitrogen and oxygen atoms in total. The fraction of sp³-hybridized carbons (Fsp3) is 1.00. The molecule has 2 aliphatic carbocycles. The van der Waals surface area contributed by atoms with E-state index in [0.29, 0.717) is 0 Å². The number of likely N-dealkylation sites (N-methyl/N-ethyl adjacent to an activating group) is 2. The molecule has 0 aromatic carbocycles. The van der Waals surface area contributed by atoms with Gasteiger partial charge in [-0.25, -0.2) is 0 Å². The topological polar surface area (TPSA) is 15.3 Å². The molecule has 0 aliphatic heterocycles. The van der Waals surface area contributed by atoms with Crippen molar-refractivity contribution >= 4 is 0 Å². The Bertz CT molecular complexity index is 183. The monoisotopic (exact) mass is 210 g/mol. The zero-order valence-electron chi connectivity index (χ0n) is 10.3. The molecular weight excluding hydrogens is 184 g/mol. The van der Waals surface area contributed by atoms with E-state index < -0.39 is 0 Å². The second kappa shape index (κ2) is 5.31. The van der Waals surface area contributed by atoms with Crippen LogP contribution in [0.2, 0.25) is 0 Å². The van der Waals surface area contributed by atoms with Crippen molar-refractivity contribution in [1.29, 1.82) is 0 Å². The van der Waals surface area contributed by atoms with Crippen molar-refractivity contribution in [2.45, 2.75) is 57.0 Å². The Labute approximate surface area is 94.4 Å². The lowest BCUT2D eigenvalue weighted by molar-refractivity contribution is 0.171. The minimum Gasteiger partial charge on any atom is -0.315 e. The van der Waals surface area contributed by atoms with Crippen LogP contribution in [-0.4, -0.2) is 37.6 Å². The first-order valence-corrected chi connectivity index (χ1v) is 6.68. The van der Waals surface area contributed by atoms with E-state index in [0.717, 1.165) is 18.0 Å². The fourth-order valence-corrected chi connectivity index (χ4v) is 2.96. The van der Waals surface area contributed by atoms with Crippen molar-refractivity contribution in [3.05, 3.63) is 0 Å². The summed E-state index contributed by atoms with van der Waals surface area (Å²) >= 11 is 0. The minimum absolute atomic E-state index is 0.747. The maximum Gasteiger partial charge on any atom is 0.0220 e. The number of nitrogens with one attached hydrogen (secondary N) is 1. The third kappa shape index (κ3) is 3.18. The summed E-state index contributed by atoms with van der Waals surface area (Å²) in [6.07, 6.45) is 10.1. The molecule has 0 radical (unpaired) electrons. The number of hydrogen-bond acceptors (Lipinski definition) is 2. The average molecular weight is 210 g/mol. The van der Waals surface area contributed by atoms with Crippen molar-refractivity contribution in [2.24, 2.45) is 5.92 Å². The molecule has 2 rings (SSSR count). The standard InChI is InChI=1S/C13H26N2/c1-14-13(11-8-9-11)10-15(2)12-6-4-3-5-7-12/h11-14H,3-10H2,1-2H3. The van der Waals surface area contributed by atoms with Crippen LogP contribution in [0.1, 0.15) is 44.9 Å². The van der Waals surface area contributed by atoms with Gasteiger partial charge in [0.2, 0.25) is 0 Å². The van der Waals surface area contributed by atoms with Gasteiger partial charge in [0.25, 0.3) is 0 Å². The van der Waals surface area contributed by atoms with Gasteiger partial charge in [0, 0.05) is 18.6 Å². The maximum atomic E-state index is 3.49. The van der Waals surface area contributed by atoms with Crippen LogP contribution in [0.25, 0.3) is 0 Å². The summed E-state index contributed by atoms with van der Waals surface area (Å²) in [6, 6.07) is 1.62. The summed E-state index contributed by atoms with van der Waals surface area (Å²) in [6.45, 7) is 1.26. The predicted molar refractivity (Wildman–Crippen MR) is 65.1 cm³/mol. The number of nitrogens with zero attached hydrogens (tertiary/aromatic N) is 1. The van der Waals surface area contributed by atoms with Crippen LogP contribution < -0.4 is 5.32 Å². The van der Waals surface area contributed by atoms with Gasteiger partial charge < -0.3 is 10.2 Å². The van der Waals surface area contributed by atoms with Crippen LogP contribution in [0.3, 0.4) is 0 Å². The largest absolute Gasteiger partial charge is 0.315 e. The summed E-state index contributed by atoms with van der Waals surface area (Å²) in [5.74, 6) is 0.973. The molecule has 2 fully saturated rings. The van der Waals surface area contributed by atoms with Crippen LogP contribution in [-0.2, 0) is 0 Å². The Morgan fingerprint density at radius 2 is 1.80 bits per heavy atom. The van der Waals surface area contributed by atoms with Gasteiger partial charge in [-0.15, -0.1) is 0 Å². The van der Waals surface area contributed by atoms with Crippen molar-refractivity contribution in [3.63, 3.8) is 0 Å². The second-order valence-corrected chi connectivity index (χ2v) is 5.46. The zero-order valence-corrected chi connectivity index (χ0v) is 10.3. The summed E-state index contributed by atoms with van der Waals surface area (Å²) in [7, 11) is 4.44. The van der Waals surface area contributed by atoms with E-state index >= 15 is 0 Å². The number of rotatable bonds is 5. The SMILES string of the molecule is CNC(CN(C)C1CCCCC1)C1CC1. The highest BCUT2D eigenvalue weighted by molar-refractivity contribution is 4.88. The smallest absolute Gasteiger partial charge is 0.0220 e. The molecule has 0 amide bonds. The van der Waals surface area contributed by atoms with E-state index in [1.54, 1.807) is 0 Å². The van der Waals surface area contributed by atoms with E-state index in [4.69, 9.17) is 0 Å². The molecule has 88 valence electrons. The van der Waals surface area contributed by atoms with Crippen LogP contribution in [0.15, 0.2) is 0 Å². The van der Waals surface area contributed by atoms with Crippen LogP contribution in [0, 0.1) is 5.92 Å². The van der Waals surface area contributed by atoms with Gasteiger partial charge in [0.1, 0.15) is 0 Å². The van der Waals surface area contributed by atoms with Crippen LogP contribution in [0.5, 0.6) is 0 Å². The van der Waals surface area contributed by atoms with E-state index in [1.165, 1.54) is 51.5 Å². The highest BCUT2D eigenvalue weighted by Crippen LogP contribution is 2.33. The summed E-state index contributed by atoms with van der Waals surface area (Å²) < 4.78 is 0. The first-order valence-electron chi connectivity index (χ1n) is 6.68. The first kappa shape index (κ1) is 11.4. The molecule has 0 aromatic heterocycles. The molecule has 2 aliphatic rings. The molecule has 1 atom stereocenters. The van der Waals surface area contributed by atoms with Gasteiger partial charge in [-0.3, -0.25) is 0 Å². The molecule has 0 bridgehead atoms. The molecule has 1 N–H and O–H groups in total. The normalized spacial score (nSPS) is 25.8. The van der Waals surface area contributed by atoms with Crippen LogP contribution in [0.4, 0.5) is 0 Å². The van der Waals surface area contributed by atoms with Crippen molar-refractivity contribution in [1.82, 2.24) is 10.2 Å². The molecule has 0 aromatic rings. The maximum absolute atomic E-state index is 3.49.